The van der Waals surface area contributed by atoms with E-state index in [2.05, 4.69) is 16.6 Å². The van der Waals surface area contributed by atoms with Crippen LogP contribution in [0.2, 0.25) is 0 Å². The molecule has 0 aliphatic carbocycles. The average Bonchev–Trinajstić information content (AvgIpc) is 1.64. The van der Waals surface area contributed by atoms with Gasteiger partial charge in [0, 0.05) is 0 Å². The molecule has 0 atom stereocenters. The van der Waals surface area contributed by atoms with Gasteiger partial charge in [-0.05, 0) is 19.8 Å². The maximum Gasteiger partial charge on any atom is 0.348 e. The highest BCUT2D eigenvalue weighted by Gasteiger charge is 2.18. The number of hydrogen-bond acceptors (Lipinski definition) is 3. The van der Waals surface area contributed by atoms with Crippen molar-refractivity contribution in [1.82, 2.24) is 0 Å². The van der Waals surface area contributed by atoms with E-state index in [9.17, 15) is 0 Å². The average molecular weight is 130 g/mol. The lowest BCUT2D eigenvalue weighted by atomic mass is 10.5. The van der Waals surface area contributed by atoms with Crippen molar-refractivity contribution in [3.8, 4) is 11.8 Å². The third-order valence-corrected chi connectivity index (χ3v) is 0.633. The molecule has 0 aliphatic rings. The van der Waals surface area contributed by atoms with E-state index in [1.165, 1.54) is 6.92 Å². The van der Waals surface area contributed by atoms with E-state index in [1.807, 2.05) is 0 Å². The fourth-order valence-electron chi connectivity index (χ4n) is 0.400. The van der Waals surface area contributed by atoms with Crippen LogP contribution in [0.4, 0.5) is 0 Å². The van der Waals surface area contributed by atoms with Gasteiger partial charge in [0.15, 0.2) is 0 Å². The highest BCUT2D eigenvalue weighted by molar-refractivity contribution is 5.01. The Bertz CT molecular complexity index is 129. The summed E-state index contributed by atoms with van der Waals surface area (Å²) in [7, 11) is 0. The highest BCUT2D eigenvalue weighted by Crippen LogP contribution is 1.97. The van der Waals surface area contributed by atoms with Crippen LogP contribution in [0.15, 0.2) is 0 Å². The molecule has 3 nitrogen and oxygen atoms in total. The Labute approximate surface area is 54.3 Å². The minimum atomic E-state index is -2.26. The van der Waals surface area contributed by atoms with Crippen molar-refractivity contribution in [2.24, 2.45) is 0 Å². The van der Waals surface area contributed by atoms with E-state index in [-0.39, 0.29) is 6.61 Å². The molecule has 0 aromatic carbocycles. The second-order valence-electron chi connectivity index (χ2n) is 1.42. The van der Waals surface area contributed by atoms with Crippen molar-refractivity contribution in [2.75, 3.05) is 6.61 Å². The topological polar surface area (TPSA) is 49.7 Å². The van der Waals surface area contributed by atoms with E-state index >= 15 is 0 Å². The lowest BCUT2D eigenvalue weighted by molar-refractivity contribution is -0.293. The van der Waals surface area contributed by atoms with Crippen molar-refractivity contribution in [3.05, 3.63) is 0 Å². The smallest absolute Gasteiger partial charge is 0.333 e. The third-order valence-electron chi connectivity index (χ3n) is 0.633. The molecule has 0 aromatic rings. The van der Waals surface area contributed by atoms with Crippen molar-refractivity contribution < 1.29 is 14.9 Å². The van der Waals surface area contributed by atoms with Crippen LogP contribution in [-0.2, 0) is 4.74 Å². The minimum Gasteiger partial charge on any atom is -0.333 e. The molecular weight excluding hydrogens is 120 g/mol. The van der Waals surface area contributed by atoms with E-state index in [0.29, 0.717) is 0 Å². The summed E-state index contributed by atoms with van der Waals surface area (Å²) in [5.41, 5.74) is 0. The molecule has 0 aliphatic heterocycles. The molecular formula is C6H10O3. The van der Waals surface area contributed by atoms with Gasteiger partial charge in [0.25, 0.3) is 0 Å². The van der Waals surface area contributed by atoms with Gasteiger partial charge in [-0.15, -0.1) is 0 Å². The maximum atomic E-state index is 8.67. The monoisotopic (exact) mass is 130 g/mol. The molecule has 0 fully saturated rings. The first-order valence-electron chi connectivity index (χ1n) is 2.65. The van der Waals surface area contributed by atoms with Gasteiger partial charge in [-0.2, -0.15) is 0 Å². The summed E-state index contributed by atoms with van der Waals surface area (Å²) in [4.78, 5) is 0. The Hall–Kier alpha value is -0.560. The van der Waals surface area contributed by atoms with Gasteiger partial charge in [0.1, 0.15) is 0 Å². The summed E-state index contributed by atoms with van der Waals surface area (Å²) in [6, 6.07) is 0. The molecule has 2 N–H and O–H groups in total. The van der Waals surface area contributed by atoms with Crippen LogP contribution in [0.5, 0.6) is 0 Å². The van der Waals surface area contributed by atoms with Gasteiger partial charge in [0.05, 0.1) is 6.61 Å². The van der Waals surface area contributed by atoms with Crippen molar-refractivity contribution in [3.63, 3.8) is 0 Å². The van der Waals surface area contributed by atoms with Gasteiger partial charge in [-0.25, -0.2) is 0 Å². The first-order chi connectivity index (χ1) is 4.12. The van der Waals surface area contributed by atoms with Crippen LogP contribution in [0.3, 0.4) is 0 Å². The van der Waals surface area contributed by atoms with Gasteiger partial charge in [-0.1, -0.05) is 5.92 Å². The Morgan fingerprint density at radius 1 is 1.56 bits per heavy atom. The molecule has 0 radical (unpaired) electrons. The fourth-order valence-corrected chi connectivity index (χ4v) is 0.400. The molecule has 0 amide bonds. The van der Waals surface area contributed by atoms with Crippen molar-refractivity contribution in [1.29, 1.82) is 0 Å². The quantitative estimate of drug-likeness (QED) is 0.398. The predicted molar refractivity (Wildman–Crippen MR) is 32.2 cm³/mol. The molecule has 3 heteroatoms. The van der Waals surface area contributed by atoms with Crippen LogP contribution >= 0.6 is 0 Å². The SMILES string of the molecule is CC#CC(O)(O)OCC. The molecule has 0 heterocycles. The normalized spacial score (nSPS) is 10.2. The fraction of sp³-hybridized carbons (Fsp3) is 0.667. The van der Waals surface area contributed by atoms with E-state index in [1.54, 1.807) is 6.92 Å². The van der Waals surface area contributed by atoms with Gasteiger partial charge in [-0.3, -0.25) is 0 Å². The summed E-state index contributed by atoms with van der Waals surface area (Å²) in [6.45, 7) is 3.38. The zero-order valence-electron chi connectivity index (χ0n) is 5.51. The molecule has 0 aromatic heterocycles. The van der Waals surface area contributed by atoms with Crippen LogP contribution in [-0.4, -0.2) is 22.8 Å². The van der Waals surface area contributed by atoms with E-state index in [4.69, 9.17) is 10.2 Å². The van der Waals surface area contributed by atoms with E-state index in [0.717, 1.165) is 0 Å². The molecule has 0 rings (SSSR count). The highest BCUT2D eigenvalue weighted by atomic mass is 16.8. The molecule has 0 unspecified atom stereocenters. The Balaban J connectivity index is 3.80. The molecule has 0 bridgehead atoms. The Morgan fingerprint density at radius 2 is 2.11 bits per heavy atom. The molecule has 0 spiro atoms. The summed E-state index contributed by atoms with van der Waals surface area (Å²) in [6.07, 6.45) is 0. The number of ether oxygens (including phenoxy) is 1. The van der Waals surface area contributed by atoms with Crippen LogP contribution in [0.25, 0.3) is 0 Å². The minimum absolute atomic E-state index is 0.224. The van der Waals surface area contributed by atoms with Gasteiger partial charge in [0.2, 0.25) is 0 Å². The van der Waals surface area contributed by atoms with Crippen LogP contribution in [0.1, 0.15) is 13.8 Å². The zero-order valence-corrected chi connectivity index (χ0v) is 5.51. The summed E-state index contributed by atoms with van der Waals surface area (Å²) >= 11 is 0. The molecule has 0 saturated carbocycles. The summed E-state index contributed by atoms with van der Waals surface area (Å²) < 4.78 is 4.41. The largest absolute Gasteiger partial charge is 0.348 e. The van der Waals surface area contributed by atoms with E-state index < -0.39 is 5.97 Å². The molecule has 9 heavy (non-hydrogen) atoms. The first kappa shape index (κ1) is 8.44. The van der Waals surface area contributed by atoms with Gasteiger partial charge < -0.3 is 14.9 Å². The second-order valence-corrected chi connectivity index (χ2v) is 1.42. The Morgan fingerprint density at radius 3 is 2.44 bits per heavy atom. The molecule has 0 saturated heterocycles. The summed E-state index contributed by atoms with van der Waals surface area (Å²) in [5.74, 6) is 2.12. The lowest BCUT2D eigenvalue weighted by Gasteiger charge is -2.12. The summed E-state index contributed by atoms with van der Waals surface area (Å²) in [5, 5.41) is 17.3. The van der Waals surface area contributed by atoms with Crippen LogP contribution in [0, 0.1) is 11.8 Å². The number of aliphatic hydroxyl groups is 2. The second kappa shape index (κ2) is 3.46. The molecule has 52 valence electrons. The predicted octanol–water partition coefficient (Wildman–Crippen LogP) is -0.315. The van der Waals surface area contributed by atoms with Crippen molar-refractivity contribution >= 4 is 0 Å². The third kappa shape index (κ3) is 3.98. The number of hydrogen-bond donors (Lipinski definition) is 2. The standard InChI is InChI=1S/C6H10O3/c1-3-5-6(7,8)9-4-2/h7-8H,4H2,1-2H3. The first-order valence-corrected chi connectivity index (χ1v) is 2.65. The lowest BCUT2D eigenvalue weighted by Crippen LogP contribution is -2.29. The number of rotatable bonds is 2. The van der Waals surface area contributed by atoms with Gasteiger partial charge >= 0.3 is 5.97 Å². The Kier molecular flexibility index (Phi) is 3.25. The van der Waals surface area contributed by atoms with Crippen molar-refractivity contribution in [2.45, 2.75) is 19.8 Å². The maximum absolute atomic E-state index is 8.67. The van der Waals surface area contributed by atoms with Crippen LogP contribution < -0.4 is 0 Å². The zero-order chi connectivity index (χ0) is 7.33.